The summed E-state index contributed by atoms with van der Waals surface area (Å²) >= 11 is 0. The van der Waals surface area contributed by atoms with Crippen molar-refractivity contribution in [3.05, 3.63) is 36.2 Å². The predicted octanol–water partition coefficient (Wildman–Crippen LogP) is 4.41. The van der Waals surface area contributed by atoms with Crippen LogP contribution in [0.4, 0.5) is 0 Å². The van der Waals surface area contributed by atoms with Crippen LogP contribution in [0.2, 0.25) is 0 Å². The van der Waals surface area contributed by atoms with Crippen molar-refractivity contribution in [2.45, 2.75) is 52.7 Å². The molecule has 3 rings (SSSR count). The molecule has 4 heteroatoms. The van der Waals surface area contributed by atoms with E-state index in [1.807, 2.05) is 6.20 Å². The number of ether oxygens (including phenoxy) is 1. The maximum atomic E-state index is 6.07. The fraction of sp³-hybridized carbons (Fsp3) is 0.450. The van der Waals surface area contributed by atoms with Crippen molar-refractivity contribution in [3.63, 3.8) is 0 Å². The third kappa shape index (κ3) is 3.24. The van der Waals surface area contributed by atoms with Gasteiger partial charge in [0.25, 0.3) is 0 Å². The summed E-state index contributed by atoms with van der Waals surface area (Å²) in [4.78, 5) is 4.50. The van der Waals surface area contributed by atoms with Crippen molar-refractivity contribution < 1.29 is 4.74 Å². The standard InChI is InChI=1S/C20H27N3O/c1-14-19-17(9-11-22-14)16-8-7-15(24-20(2,3)4)13-18(16)23(19)12-6-5-10-21/h7-9,11,13H,5-6,10,12,21H2,1-4H3. The maximum absolute atomic E-state index is 6.07. The van der Waals surface area contributed by atoms with E-state index >= 15 is 0 Å². The Morgan fingerprint density at radius 3 is 2.62 bits per heavy atom. The molecular formula is C20H27N3O. The summed E-state index contributed by atoms with van der Waals surface area (Å²) in [6, 6.07) is 8.49. The zero-order valence-electron chi connectivity index (χ0n) is 15.1. The second-order valence-corrected chi connectivity index (χ2v) is 7.33. The molecule has 0 bridgehead atoms. The minimum atomic E-state index is -0.207. The topological polar surface area (TPSA) is 53.1 Å². The lowest BCUT2D eigenvalue weighted by molar-refractivity contribution is 0.131. The van der Waals surface area contributed by atoms with Gasteiger partial charge in [-0.1, -0.05) is 0 Å². The van der Waals surface area contributed by atoms with Gasteiger partial charge in [-0.2, -0.15) is 0 Å². The maximum Gasteiger partial charge on any atom is 0.122 e. The van der Waals surface area contributed by atoms with E-state index in [2.05, 4.69) is 61.5 Å². The molecule has 0 radical (unpaired) electrons. The van der Waals surface area contributed by atoms with Crippen LogP contribution in [0.15, 0.2) is 30.5 Å². The molecule has 0 aliphatic rings. The largest absolute Gasteiger partial charge is 0.488 e. The first-order chi connectivity index (χ1) is 11.4. The first-order valence-corrected chi connectivity index (χ1v) is 8.67. The lowest BCUT2D eigenvalue weighted by Crippen LogP contribution is -2.22. The zero-order chi connectivity index (χ0) is 17.3. The second-order valence-electron chi connectivity index (χ2n) is 7.33. The van der Waals surface area contributed by atoms with Gasteiger partial charge in [0.1, 0.15) is 11.4 Å². The van der Waals surface area contributed by atoms with E-state index in [0.717, 1.165) is 37.4 Å². The van der Waals surface area contributed by atoms with Gasteiger partial charge in [0.2, 0.25) is 0 Å². The van der Waals surface area contributed by atoms with Crippen LogP contribution >= 0.6 is 0 Å². The third-order valence-corrected chi connectivity index (χ3v) is 4.19. The number of pyridine rings is 1. The average molecular weight is 325 g/mol. The molecular weight excluding hydrogens is 298 g/mol. The zero-order valence-corrected chi connectivity index (χ0v) is 15.1. The number of fused-ring (bicyclic) bond motifs is 3. The van der Waals surface area contributed by atoms with Gasteiger partial charge in [-0.3, -0.25) is 4.98 Å². The average Bonchev–Trinajstić information content (AvgIpc) is 2.81. The molecule has 128 valence electrons. The van der Waals surface area contributed by atoms with E-state index in [-0.39, 0.29) is 5.60 Å². The van der Waals surface area contributed by atoms with Crippen molar-refractivity contribution in [2.24, 2.45) is 5.73 Å². The predicted molar refractivity (Wildman–Crippen MR) is 101 cm³/mol. The normalized spacial score (nSPS) is 12.2. The summed E-state index contributed by atoms with van der Waals surface area (Å²) < 4.78 is 8.44. The van der Waals surface area contributed by atoms with Gasteiger partial charge in [0.15, 0.2) is 0 Å². The molecule has 0 unspecified atom stereocenters. The number of hydrogen-bond donors (Lipinski definition) is 1. The van der Waals surface area contributed by atoms with Crippen LogP contribution in [-0.4, -0.2) is 21.7 Å². The molecule has 0 spiro atoms. The summed E-state index contributed by atoms with van der Waals surface area (Å²) in [6.07, 6.45) is 3.98. The smallest absolute Gasteiger partial charge is 0.122 e. The highest BCUT2D eigenvalue weighted by Gasteiger charge is 2.16. The van der Waals surface area contributed by atoms with Crippen LogP contribution < -0.4 is 10.5 Å². The Hall–Kier alpha value is -2.07. The molecule has 0 fully saturated rings. The Morgan fingerprint density at radius 1 is 1.12 bits per heavy atom. The van der Waals surface area contributed by atoms with Crippen molar-refractivity contribution in [1.29, 1.82) is 0 Å². The number of rotatable bonds is 5. The van der Waals surface area contributed by atoms with E-state index in [4.69, 9.17) is 10.5 Å². The van der Waals surface area contributed by atoms with Gasteiger partial charge >= 0.3 is 0 Å². The lowest BCUT2D eigenvalue weighted by atomic mass is 10.1. The third-order valence-electron chi connectivity index (χ3n) is 4.19. The molecule has 3 aromatic rings. The van der Waals surface area contributed by atoms with Crippen LogP contribution in [0.1, 0.15) is 39.3 Å². The molecule has 24 heavy (non-hydrogen) atoms. The second kappa shape index (κ2) is 6.44. The highest BCUT2D eigenvalue weighted by atomic mass is 16.5. The van der Waals surface area contributed by atoms with Gasteiger partial charge in [-0.05, 0) is 65.3 Å². The first kappa shape index (κ1) is 16.8. The SMILES string of the molecule is Cc1nccc2c3ccc(OC(C)(C)C)cc3n(CCCCN)c12. The molecule has 2 N–H and O–H groups in total. The van der Waals surface area contributed by atoms with Gasteiger partial charge in [-0.15, -0.1) is 0 Å². The van der Waals surface area contributed by atoms with Crippen LogP contribution in [0.25, 0.3) is 21.8 Å². The highest BCUT2D eigenvalue weighted by Crippen LogP contribution is 2.33. The summed E-state index contributed by atoms with van der Waals surface area (Å²) in [7, 11) is 0. The van der Waals surface area contributed by atoms with Crippen LogP contribution in [0.5, 0.6) is 5.75 Å². The van der Waals surface area contributed by atoms with E-state index < -0.39 is 0 Å². The lowest BCUT2D eigenvalue weighted by Gasteiger charge is -2.21. The van der Waals surface area contributed by atoms with E-state index in [0.29, 0.717) is 0 Å². The molecule has 0 saturated heterocycles. The Balaban J connectivity index is 2.18. The number of nitrogens with zero attached hydrogens (tertiary/aromatic N) is 2. The highest BCUT2D eigenvalue weighted by molar-refractivity contribution is 6.09. The Labute approximate surface area is 143 Å². The van der Waals surface area contributed by atoms with Gasteiger partial charge in [0, 0.05) is 29.6 Å². The van der Waals surface area contributed by atoms with Crippen LogP contribution in [0.3, 0.4) is 0 Å². The molecule has 0 amide bonds. The monoisotopic (exact) mass is 325 g/mol. The van der Waals surface area contributed by atoms with E-state index in [9.17, 15) is 0 Å². The fourth-order valence-electron chi connectivity index (χ4n) is 3.26. The van der Waals surface area contributed by atoms with Crippen LogP contribution in [0, 0.1) is 6.92 Å². The molecule has 2 aromatic heterocycles. The number of benzene rings is 1. The molecule has 0 aliphatic heterocycles. The van der Waals surface area contributed by atoms with Crippen molar-refractivity contribution >= 4 is 21.8 Å². The first-order valence-electron chi connectivity index (χ1n) is 8.67. The fourth-order valence-corrected chi connectivity index (χ4v) is 3.26. The van der Waals surface area contributed by atoms with Crippen molar-refractivity contribution in [3.8, 4) is 5.75 Å². The number of unbranched alkanes of at least 4 members (excludes halogenated alkanes) is 1. The number of aromatic nitrogens is 2. The van der Waals surface area contributed by atoms with Gasteiger partial charge in [0.05, 0.1) is 16.7 Å². The molecule has 1 aromatic carbocycles. The Bertz CT molecular complexity index is 859. The van der Waals surface area contributed by atoms with Crippen molar-refractivity contribution in [1.82, 2.24) is 9.55 Å². The molecule has 0 atom stereocenters. The summed E-state index contributed by atoms with van der Waals surface area (Å²) in [5, 5.41) is 2.51. The molecule has 0 aliphatic carbocycles. The summed E-state index contributed by atoms with van der Waals surface area (Å²) in [5.74, 6) is 0.906. The minimum absolute atomic E-state index is 0.207. The quantitative estimate of drug-likeness (QED) is 0.707. The van der Waals surface area contributed by atoms with Crippen molar-refractivity contribution in [2.75, 3.05) is 6.54 Å². The molecule has 0 saturated carbocycles. The van der Waals surface area contributed by atoms with Gasteiger partial charge in [-0.25, -0.2) is 0 Å². The number of nitrogens with two attached hydrogens (primary N) is 1. The number of hydrogen-bond acceptors (Lipinski definition) is 3. The number of aryl methyl sites for hydroxylation is 2. The molecule has 2 heterocycles. The molecule has 4 nitrogen and oxygen atoms in total. The Kier molecular flexibility index (Phi) is 4.50. The Morgan fingerprint density at radius 2 is 1.92 bits per heavy atom. The minimum Gasteiger partial charge on any atom is -0.488 e. The summed E-state index contributed by atoms with van der Waals surface area (Å²) in [6.45, 7) is 9.97. The van der Waals surface area contributed by atoms with Gasteiger partial charge < -0.3 is 15.0 Å². The summed E-state index contributed by atoms with van der Waals surface area (Å²) in [5.41, 5.74) is 8.96. The van der Waals surface area contributed by atoms with E-state index in [1.54, 1.807) is 0 Å². The van der Waals surface area contributed by atoms with E-state index in [1.165, 1.54) is 21.8 Å². The van der Waals surface area contributed by atoms with Crippen LogP contribution in [-0.2, 0) is 6.54 Å².